The number of hydrogen-bond donors (Lipinski definition) is 2. The van der Waals surface area contributed by atoms with Gasteiger partial charge in [-0.1, -0.05) is 0 Å². The molecule has 4 rings (SSSR count). The standard InChI is InChI=1S/C20H18FN5O4/c1-11(30-14-5-7-17(22-9-14)19(27)12-2-3-12)18-10-23-26(25-18)13-4-6-16(15(21)8-13)24-20(28)29/h4-12,24H,2-3H2,1H3,(H,28,29)/t11-/m1/s1. The minimum atomic E-state index is -1.36. The number of nitrogens with one attached hydrogen (secondary N) is 1. The Labute approximate surface area is 170 Å². The van der Waals surface area contributed by atoms with Crippen molar-refractivity contribution in [1.82, 2.24) is 20.0 Å². The van der Waals surface area contributed by atoms with Crippen LogP contribution in [0.25, 0.3) is 5.69 Å². The highest BCUT2D eigenvalue weighted by molar-refractivity contribution is 5.97. The van der Waals surface area contributed by atoms with Crippen molar-refractivity contribution in [2.45, 2.75) is 25.9 Å². The van der Waals surface area contributed by atoms with Gasteiger partial charge in [-0.25, -0.2) is 14.2 Å². The third-order valence-corrected chi connectivity index (χ3v) is 4.60. The average molecular weight is 411 g/mol. The largest absolute Gasteiger partial charge is 0.483 e. The fourth-order valence-electron chi connectivity index (χ4n) is 2.85. The third-order valence-electron chi connectivity index (χ3n) is 4.60. The molecule has 30 heavy (non-hydrogen) atoms. The van der Waals surface area contributed by atoms with Crippen LogP contribution < -0.4 is 10.1 Å². The van der Waals surface area contributed by atoms with Crippen LogP contribution in [0.1, 0.15) is 42.1 Å². The van der Waals surface area contributed by atoms with E-state index in [4.69, 9.17) is 9.84 Å². The molecular formula is C20H18FN5O4. The molecule has 154 valence electrons. The van der Waals surface area contributed by atoms with Gasteiger partial charge < -0.3 is 9.84 Å². The first-order chi connectivity index (χ1) is 14.4. The van der Waals surface area contributed by atoms with E-state index < -0.39 is 18.0 Å². The first kappa shape index (κ1) is 19.5. The zero-order valence-corrected chi connectivity index (χ0v) is 15.9. The third kappa shape index (κ3) is 4.27. The van der Waals surface area contributed by atoms with E-state index in [1.165, 1.54) is 29.3 Å². The number of carboxylic acid groups (broad SMARTS) is 1. The Bertz CT molecular complexity index is 1090. The molecule has 1 amide bonds. The summed E-state index contributed by atoms with van der Waals surface area (Å²) in [6.45, 7) is 1.78. The molecule has 2 N–H and O–H groups in total. The molecular weight excluding hydrogens is 393 g/mol. The van der Waals surface area contributed by atoms with Crippen molar-refractivity contribution in [2.75, 3.05) is 5.32 Å². The summed E-state index contributed by atoms with van der Waals surface area (Å²) in [5.74, 6) is -0.0871. The molecule has 0 unspecified atom stereocenters. The van der Waals surface area contributed by atoms with Gasteiger partial charge >= 0.3 is 6.09 Å². The van der Waals surface area contributed by atoms with Gasteiger partial charge in [-0.05, 0) is 44.0 Å². The van der Waals surface area contributed by atoms with Gasteiger partial charge in [0.2, 0.25) is 0 Å². The topological polar surface area (TPSA) is 119 Å². The lowest BCUT2D eigenvalue weighted by Crippen LogP contribution is -2.10. The summed E-state index contributed by atoms with van der Waals surface area (Å²) < 4.78 is 19.8. The summed E-state index contributed by atoms with van der Waals surface area (Å²) in [7, 11) is 0. The van der Waals surface area contributed by atoms with Gasteiger partial charge in [-0.2, -0.15) is 9.90 Å². The van der Waals surface area contributed by atoms with E-state index in [9.17, 15) is 14.0 Å². The molecule has 2 heterocycles. The Hall–Kier alpha value is -3.82. The summed E-state index contributed by atoms with van der Waals surface area (Å²) in [6.07, 6.45) is 3.02. The zero-order valence-electron chi connectivity index (χ0n) is 15.9. The molecule has 0 bridgehead atoms. The number of Topliss-reactive ketones (excluding diaryl/α,β-unsaturated/α-hetero) is 1. The van der Waals surface area contributed by atoms with Crippen LogP contribution in [-0.2, 0) is 0 Å². The molecule has 2 aromatic heterocycles. The van der Waals surface area contributed by atoms with Crippen LogP contribution in [0.15, 0.2) is 42.7 Å². The van der Waals surface area contributed by atoms with Crippen LogP contribution in [0.2, 0.25) is 0 Å². The fourth-order valence-corrected chi connectivity index (χ4v) is 2.85. The Kier molecular flexibility index (Phi) is 5.13. The Morgan fingerprint density at radius 2 is 2.07 bits per heavy atom. The number of pyridine rings is 1. The van der Waals surface area contributed by atoms with Crippen molar-refractivity contribution in [3.8, 4) is 11.4 Å². The second-order valence-corrected chi connectivity index (χ2v) is 6.93. The first-order valence-corrected chi connectivity index (χ1v) is 9.30. The molecule has 3 aromatic rings. The molecule has 0 aliphatic heterocycles. The number of amides is 1. The van der Waals surface area contributed by atoms with Crippen LogP contribution in [0.3, 0.4) is 0 Å². The van der Waals surface area contributed by atoms with Crippen LogP contribution in [0.4, 0.5) is 14.9 Å². The lowest BCUT2D eigenvalue weighted by atomic mass is 10.2. The average Bonchev–Trinajstić information content (AvgIpc) is 3.45. The number of rotatable bonds is 7. The number of nitrogens with zero attached hydrogens (tertiary/aromatic N) is 4. The van der Waals surface area contributed by atoms with Crippen molar-refractivity contribution in [3.63, 3.8) is 0 Å². The Morgan fingerprint density at radius 3 is 2.70 bits per heavy atom. The maximum absolute atomic E-state index is 14.0. The van der Waals surface area contributed by atoms with E-state index >= 15 is 0 Å². The van der Waals surface area contributed by atoms with Crippen molar-refractivity contribution in [2.24, 2.45) is 5.92 Å². The van der Waals surface area contributed by atoms with Gasteiger partial charge in [0.25, 0.3) is 0 Å². The van der Waals surface area contributed by atoms with E-state index in [0.29, 0.717) is 22.8 Å². The molecule has 1 saturated carbocycles. The molecule has 9 nitrogen and oxygen atoms in total. The molecule has 1 aromatic carbocycles. The summed E-state index contributed by atoms with van der Waals surface area (Å²) in [5.41, 5.74) is 1.10. The van der Waals surface area contributed by atoms with Crippen molar-refractivity contribution in [3.05, 3.63) is 59.9 Å². The van der Waals surface area contributed by atoms with Gasteiger partial charge in [0.1, 0.15) is 29.1 Å². The van der Waals surface area contributed by atoms with E-state index in [1.54, 1.807) is 19.1 Å². The van der Waals surface area contributed by atoms with Gasteiger partial charge in [-0.3, -0.25) is 10.1 Å². The molecule has 1 atom stereocenters. The number of ether oxygens (including phenoxy) is 1. The quantitative estimate of drug-likeness (QED) is 0.570. The van der Waals surface area contributed by atoms with Gasteiger partial charge in [-0.15, -0.1) is 5.10 Å². The number of aromatic nitrogens is 4. The molecule has 1 aliphatic rings. The normalized spacial score (nSPS) is 14.2. The van der Waals surface area contributed by atoms with E-state index in [1.807, 2.05) is 5.32 Å². The van der Waals surface area contributed by atoms with Gasteiger partial charge in [0.15, 0.2) is 5.78 Å². The van der Waals surface area contributed by atoms with E-state index in [-0.39, 0.29) is 17.4 Å². The molecule has 1 fully saturated rings. The second kappa shape index (κ2) is 7.90. The number of halogens is 1. The summed E-state index contributed by atoms with van der Waals surface area (Å²) >= 11 is 0. The second-order valence-electron chi connectivity index (χ2n) is 6.93. The number of benzene rings is 1. The fraction of sp³-hybridized carbons (Fsp3) is 0.250. The highest BCUT2D eigenvalue weighted by Crippen LogP contribution is 2.32. The van der Waals surface area contributed by atoms with Crippen molar-refractivity contribution < 1.29 is 23.8 Å². The lowest BCUT2D eigenvalue weighted by Gasteiger charge is -2.12. The van der Waals surface area contributed by atoms with Gasteiger partial charge in [0, 0.05) is 12.0 Å². The number of hydrogen-bond acceptors (Lipinski definition) is 6. The summed E-state index contributed by atoms with van der Waals surface area (Å²) in [5, 5.41) is 19.1. The molecule has 0 radical (unpaired) electrons. The Balaban J connectivity index is 1.43. The lowest BCUT2D eigenvalue weighted by molar-refractivity contribution is 0.0962. The number of carbonyl (C=O) groups excluding carboxylic acids is 1. The van der Waals surface area contributed by atoms with E-state index in [2.05, 4.69) is 15.2 Å². The van der Waals surface area contributed by atoms with Crippen LogP contribution >= 0.6 is 0 Å². The molecule has 0 spiro atoms. The van der Waals surface area contributed by atoms with E-state index in [0.717, 1.165) is 18.9 Å². The molecule has 1 aliphatic carbocycles. The number of ketones is 1. The summed E-state index contributed by atoms with van der Waals surface area (Å²) in [6, 6.07) is 7.24. The summed E-state index contributed by atoms with van der Waals surface area (Å²) in [4.78, 5) is 28.1. The predicted octanol–water partition coefficient (Wildman–Crippen LogP) is 3.62. The smallest absolute Gasteiger partial charge is 0.409 e. The van der Waals surface area contributed by atoms with Crippen LogP contribution in [-0.4, -0.2) is 37.0 Å². The predicted molar refractivity (Wildman–Crippen MR) is 103 cm³/mol. The van der Waals surface area contributed by atoms with Crippen molar-refractivity contribution in [1.29, 1.82) is 0 Å². The van der Waals surface area contributed by atoms with Gasteiger partial charge in [0.05, 0.1) is 23.8 Å². The number of carbonyl (C=O) groups is 2. The highest BCUT2D eigenvalue weighted by Gasteiger charge is 2.31. The van der Waals surface area contributed by atoms with Crippen LogP contribution in [0.5, 0.6) is 5.75 Å². The zero-order chi connectivity index (χ0) is 21.3. The molecule has 0 saturated heterocycles. The SMILES string of the molecule is C[C@@H](Oc1ccc(C(=O)C2CC2)nc1)c1cnn(-c2ccc(NC(=O)O)c(F)c2)n1. The maximum Gasteiger partial charge on any atom is 0.409 e. The molecule has 10 heteroatoms. The first-order valence-electron chi connectivity index (χ1n) is 9.30. The highest BCUT2D eigenvalue weighted by atomic mass is 19.1. The monoisotopic (exact) mass is 411 g/mol. The van der Waals surface area contributed by atoms with Crippen molar-refractivity contribution >= 4 is 17.6 Å². The number of anilines is 1. The Morgan fingerprint density at radius 1 is 1.27 bits per heavy atom. The minimum absolute atomic E-state index is 0.0642. The minimum Gasteiger partial charge on any atom is -0.483 e. The van der Waals surface area contributed by atoms with Crippen LogP contribution in [0, 0.1) is 11.7 Å². The maximum atomic E-state index is 14.0.